The first-order valence-corrected chi connectivity index (χ1v) is 6.85. The molecule has 0 aromatic heterocycles. The first-order chi connectivity index (χ1) is 7.17. The molecule has 0 bridgehead atoms. The number of rotatable bonds is 5. The molecule has 0 aliphatic heterocycles. The monoisotopic (exact) mass is 290 g/mol. The van der Waals surface area contributed by atoms with Crippen LogP contribution < -0.4 is 4.74 Å². The number of hydrogen-bond donors (Lipinski definition) is 1. The maximum atomic E-state index is 9.65. The van der Waals surface area contributed by atoms with Gasteiger partial charge in [-0.1, -0.05) is 6.07 Å². The van der Waals surface area contributed by atoms with Crippen LogP contribution in [0.15, 0.2) is 22.7 Å². The fourth-order valence-corrected chi connectivity index (χ4v) is 2.45. The smallest absolute Gasteiger partial charge is 0.133 e. The number of halogens is 1. The van der Waals surface area contributed by atoms with E-state index in [1.54, 1.807) is 18.9 Å². The first kappa shape index (κ1) is 12.9. The van der Waals surface area contributed by atoms with Gasteiger partial charge in [0.15, 0.2) is 0 Å². The molecule has 1 unspecified atom stereocenters. The molecule has 1 atom stereocenters. The molecule has 1 rings (SSSR count). The van der Waals surface area contributed by atoms with Crippen LogP contribution in [-0.4, -0.2) is 30.3 Å². The van der Waals surface area contributed by atoms with Crippen molar-refractivity contribution in [2.75, 3.05) is 19.1 Å². The highest BCUT2D eigenvalue weighted by Gasteiger charge is 2.07. The Kier molecular flexibility index (Phi) is 5.50. The Balaban J connectivity index is 2.66. The zero-order valence-electron chi connectivity index (χ0n) is 8.87. The predicted molar refractivity (Wildman–Crippen MR) is 68.8 cm³/mol. The van der Waals surface area contributed by atoms with E-state index in [0.29, 0.717) is 6.42 Å². The van der Waals surface area contributed by atoms with Gasteiger partial charge in [-0.2, -0.15) is 11.8 Å². The van der Waals surface area contributed by atoms with E-state index < -0.39 is 0 Å². The van der Waals surface area contributed by atoms with Crippen LogP contribution in [0.25, 0.3) is 0 Å². The summed E-state index contributed by atoms with van der Waals surface area (Å²) in [5.41, 5.74) is 1.12. The lowest BCUT2D eigenvalue weighted by molar-refractivity contribution is 0.200. The van der Waals surface area contributed by atoms with Gasteiger partial charge in [-0.25, -0.2) is 0 Å². The molecule has 0 aliphatic rings. The number of hydrogen-bond acceptors (Lipinski definition) is 3. The average molecular weight is 291 g/mol. The molecular formula is C11H15BrO2S. The van der Waals surface area contributed by atoms with E-state index >= 15 is 0 Å². The van der Waals surface area contributed by atoms with E-state index in [-0.39, 0.29) is 6.10 Å². The Bertz CT molecular complexity index is 317. The third-order valence-corrected chi connectivity index (χ3v) is 3.38. The number of ether oxygens (including phenoxy) is 1. The van der Waals surface area contributed by atoms with Crippen LogP contribution in [0.5, 0.6) is 5.75 Å². The lowest BCUT2D eigenvalue weighted by Gasteiger charge is -2.10. The molecule has 0 amide bonds. The third-order valence-electron chi connectivity index (χ3n) is 2.05. The third kappa shape index (κ3) is 4.05. The normalized spacial score (nSPS) is 12.5. The van der Waals surface area contributed by atoms with Crippen LogP contribution in [0.1, 0.15) is 5.56 Å². The van der Waals surface area contributed by atoms with E-state index in [0.717, 1.165) is 21.5 Å². The number of aliphatic hydroxyl groups excluding tert-OH is 1. The SMILES string of the molecule is COc1ccc(CC(O)CSC)cc1Br. The highest BCUT2D eigenvalue weighted by Crippen LogP contribution is 2.26. The van der Waals surface area contributed by atoms with Crippen LogP contribution in [0.4, 0.5) is 0 Å². The van der Waals surface area contributed by atoms with Crippen molar-refractivity contribution in [2.24, 2.45) is 0 Å². The fraction of sp³-hybridized carbons (Fsp3) is 0.455. The van der Waals surface area contributed by atoms with E-state index in [2.05, 4.69) is 15.9 Å². The Morgan fingerprint density at radius 2 is 2.27 bits per heavy atom. The summed E-state index contributed by atoms with van der Waals surface area (Å²) in [6, 6.07) is 5.88. The van der Waals surface area contributed by atoms with Gasteiger partial charge in [0.1, 0.15) is 5.75 Å². The summed E-state index contributed by atoms with van der Waals surface area (Å²) in [6.07, 6.45) is 2.40. The van der Waals surface area contributed by atoms with Crippen molar-refractivity contribution in [3.8, 4) is 5.75 Å². The van der Waals surface area contributed by atoms with Crippen molar-refractivity contribution in [3.63, 3.8) is 0 Å². The summed E-state index contributed by atoms with van der Waals surface area (Å²) in [5.74, 6) is 1.59. The second-order valence-electron chi connectivity index (χ2n) is 3.28. The molecule has 15 heavy (non-hydrogen) atoms. The maximum absolute atomic E-state index is 9.65. The Morgan fingerprint density at radius 3 is 2.80 bits per heavy atom. The maximum Gasteiger partial charge on any atom is 0.133 e. The number of thioether (sulfide) groups is 1. The number of aliphatic hydroxyl groups is 1. The molecule has 1 aromatic rings. The van der Waals surface area contributed by atoms with Crippen LogP contribution in [0.2, 0.25) is 0 Å². The van der Waals surface area contributed by atoms with E-state index in [9.17, 15) is 5.11 Å². The van der Waals surface area contributed by atoms with Crippen molar-refractivity contribution in [2.45, 2.75) is 12.5 Å². The topological polar surface area (TPSA) is 29.5 Å². The number of benzene rings is 1. The van der Waals surface area contributed by atoms with Crippen molar-refractivity contribution >= 4 is 27.7 Å². The number of methoxy groups -OCH3 is 1. The van der Waals surface area contributed by atoms with Gasteiger partial charge in [0.05, 0.1) is 17.7 Å². The molecule has 0 spiro atoms. The molecule has 0 saturated heterocycles. The lowest BCUT2D eigenvalue weighted by Crippen LogP contribution is -2.13. The van der Waals surface area contributed by atoms with Gasteiger partial charge in [0.2, 0.25) is 0 Å². The van der Waals surface area contributed by atoms with Crippen molar-refractivity contribution in [3.05, 3.63) is 28.2 Å². The van der Waals surface area contributed by atoms with Crippen molar-refractivity contribution < 1.29 is 9.84 Å². The van der Waals surface area contributed by atoms with Gasteiger partial charge in [-0.05, 0) is 46.3 Å². The second-order valence-corrected chi connectivity index (χ2v) is 5.05. The lowest BCUT2D eigenvalue weighted by atomic mass is 10.1. The largest absolute Gasteiger partial charge is 0.496 e. The molecule has 84 valence electrons. The van der Waals surface area contributed by atoms with E-state index in [1.807, 2.05) is 24.5 Å². The van der Waals surface area contributed by atoms with Gasteiger partial charge in [0, 0.05) is 5.75 Å². The quantitative estimate of drug-likeness (QED) is 0.904. The Morgan fingerprint density at radius 1 is 1.53 bits per heavy atom. The highest BCUT2D eigenvalue weighted by molar-refractivity contribution is 9.10. The average Bonchev–Trinajstić information content (AvgIpc) is 2.18. The molecule has 1 N–H and O–H groups in total. The van der Waals surface area contributed by atoms with Gasteiger partial charge in [0.25, 0.3) is 0 Å². The van der Waals surface area contributed by atoms with Crippen LogP contribution in [0, 0.1) is 0 Å². The molecule has 0 aliphatic carbocycles. The molecule has 4 heteroatoms. The minimum atomic E-state index is -0.278. The molecular weight excluding hydrogens is 276 g/mol. The first-order valence-electron chi connectivity index (χ1n) is 4.66. The summed E-state index contributed by atoms with van der Waals surface area (Å²) < 4.78 is 6.07. The van der Waals surface area contributed by atoms with Crippen LogP contribution >= 0.6 is 27.7 Å². The fourth-order valence-electron chi connectivity index (χ4n) is 1.36. The molecule has 2 nitrogen and oxygen atoms in total. The summed E-state index contributed by atoms with van der Waals surface area (Å²) >= 11 is 5.08. The van der Waals surface area contributed by atoms with Crippen LogP contribution in [0.3, 0.4) is 0 Å². The molecule has 1 aromatic carbocycles. The van der Waals surface area contributed by atoms with Gasteiger partial charge in [-0.15, -0.1) is 0 Å². The van der Waals surface area contributed by atoms with Crippen LogP contribution in [-0.2, 0) is 6.42 Å². The van der Waals surface area contributed by atoms with E-state index in [1.165, 1.54) is 0 Å². The second kappa shape index (κ2) is 6.40. The predicted octanol–water partition coefficient (Wildman–Crippen LogP) is 2.72. The molecule has 0 saturated carbocycles. The van der Waals surface area contributed by atoms with Crippen molar-refractivity contribution in [1.29, 1.82) is 0 Å². The zero-order chi connectivity index (χ0) is 11.3. The Hall–Kier alpha value is -0.190. The zero-order valence-corrected chi connectivity index (χ0v) is 11.3. The minimum Gasteiger partial charge on any atom is -0.496 e. The Labute approximate surface area is 103 Å². The van der Waals surface area contributed by atoms with E-state index in [4.69, 9.17) is 4.74 Å². The highest BCUT2D eigenvalue weighted by atomic mass is 79.9. The summed E-state index contributed by atoms with van der Waals surface area (Å²) in [4.78, 5) is 0. The summed E-state index contributed by atoms with van der Waals surface area (Å²) in [6.45, 7) is 0. The molecule has 0 radical (unpaired) electrons. The van der Waals surface area contributed by atoms with Gasteiger partial charge >= 0.3 is 0 Å². The van der Waals surface area contributed by atoms with Gasteiger partial charge in [-0.3, -0.25) is 0 Å². The van der Waals surface area contributed by atoms with Gasteiger partial charge < -0.3 is 9.84 Å². The minimum absolute atomic E-state index is 0.278. The summed E-state index contributed by atoms with van der Waals surface area (Å²) in [7, 11) is 1.64. The molecule has 0 fully saturated rings. The van der Waals surface area contributed by atoms with Crippen molar-refractivity contribution in [1.82, 2.24) is 0 Å². The molecule has 0 heterocycles. The summed E-state index contributed by atoms with van der Waals surface area (Å²) in [5, 5.41) is 9.65. The standard InChI is InChI=1S/C11H15BrO2S/c1-14-11-4-3-8(6-10(11)12)5-9(13)7-15-2/h3-4,6,9,13H,5,7H2,1-2H3.